The maximum absolute atomic E-state index is 14.3. The van der Waals surface area contributed by atoms with Gasteiger partial charge in [-0.25, -0.2) is 4.39 Å². The molecule has 1 saturated heterocycles. The Kier molecular flexibility index (Phi) is 4.25. The molecule has 1 heterocycles. The standard InChI is InChI=1S/C17H25FN2/c18-16-7-3-6-14(8-10-19)17(16)20-11-9-13-4-1-2-5-15(13)12-20/h3,6-7,13,15H,1-2,4-5,8-12,19H2. The fraction of sp³-hybridized carbons (Fsp3) is 0.647. The fourth-order valence-electron chi connectivity index (χ4n) is 4.08. The van der Waals surface area contributed by atoms with Gasteiger partial charge in [0.05, 0.1) is 5.69 Å². The summed E-state index contributed by atoms with van der Waals surface area (Å²) in [5.74, 6) is 1.57. The molecule has 0 spiro atoms. The summed E-state index contributed by atoms with van der Waals surface area (Å²) in [6, 6.07) is 5.41. The lowest BCUT2D eigenvalue weighted by Crippen LogP contribution is -2.42. The molecule has 2 nitrogen and oxygen atoms in total. The molecule has 1 aliphatic heterocycles. The van der Waals surface area contributed by atoms with Gasteiger partial charge in [-0.15, -0.1) is 0 Å². The summed E-state index contributed by atoms with van der Waals surface area (Å²) in [6.45, 7) is 2.61. The molecule has 0 radical (unpaired) electrons. The number of hydrogen-bond acceptors (Lipinski definition) is 2. The number of fused-ring (bicyclic) bond motifs is 1. The van der Waals surface area contributed by atoms with E-state index in [9.17, 15) is 4.39 Å². The molecular formula is C17H25FN2. The highest BCUT2D eigenvalue weighted by Crippen LogP contribution is 2.38. The van der Waals surface area contributed by atoms with Crippen LogP contribution in [0.3, 0.4) is 0 Å². The van der Waals surface area contributed by atoms with Gasteiger partial charge in [0.15, 0.2) is 0 Å². The quantitative estimate of drug-likeness (QED) is 0.917. The third-order valence-corrected chi connectivity index (χ3v) is 5.09. The van der Waals surface area contributed by atoms with Crippen molar-refractivity contribution in [3.8, 4) is 0 Å². The van der Waals surface area contributed by atoms with Crippen LogP contribution in [-0.4, -0.2) is 19.6 Å². The van der Waals surface area contributed by atoms with Crippen LogP contribution in [0.2, 0.25) is 0 Å². The number of rotatable bonds is 3. The van der Waals surface area contributed by atoms with Gasteiger partial charge in [0, 0.05) is 13.1 Å². The van der Waals surface area contributed by atoms with Crippen LogP contribution in [0.5, 0.6) is 0 Å². The van der Waals surface area contributed by atoms with Gasteiger partial charge in [0.25, 0.3) is 0 Å². The summed E-state index contributed by atoms with van der Waals surface area (Å²) >= 11 is 0. The number of anilines is 1. The fourth-order valence-corrected chi connectivity index (χ4v) is 4.08. The van der Waals surface area contributed by atoms with Crippen molar-refractivity contribution in [1.29, 1.82) is 0 Å². The van der Waals surface area contributed by atoms with E-state index in [1.54, 1.807) is 12.1 Å². The van der Waals surface area contributed by atoms with Crippen molar-refractivity contribution in [3.63, 3.8) is 0 Å². The van der Waals surface area contributed by atoms with Crippen LogP contribution in [0, 0.1) is 17.7 Å². The van der Waals surface area contributed by atoms with Crippen molar-refractivity contribution >= 4 is 5.69 Å². The lowest BCUT2D eigenvalue weighted by Gasteiger charge is -2.43. The monoisotopic (exact) mass is 276 g/mol. The zero-order valence-electron chi connectivity index (χ0n) is 12.2. The summed E-state index contributed by atoms with van der Waals surface area (Å²) in [4.78, 5) is 2.28. The average Bonchev–Trinajstić information content (AvgIpc) is 2.47. The molecule has 1 aliphatic carbocycles. The second kappa shape index (κ2) is 6.13. The predicted octanol–water partition coefficient (Wildman–Crippen LogP) is 3.34. The van der Waals surface area contributed by atoms with Gasteiger partial charge in [-0.1, -0.05) is 31.4 Å². The first kappa shape index (κ1) is 13.9. The molecule has 110 valence electrons. The van der Waals surface area contributed by atoms with E-state index in [1.807, 2.05) is 6.07 Å². The summed E-state index contributed by atoms with van der Waals surface area (Å²) in [5.41, 5.74) is 7.57. The average molecular weight is 276 g/mol. The summed E-state index contributed by atoms with van der Waals surface area (Å²) in [6.07, 6.45) is 7.42. The van der Waals surface area contributed by atoms with Gasteiger partial charge in [-0.3, -0.25) is 0 Å². The Hall–Kier alpha value is -1.09. The van der Waals surface area contributed by atoms with Crippen LogP contribution in [0.15, 0.2) is 18.2 Å². The molecule has 2 fully saturated rings. The zero-order valence-corrected chi connectivity index (χ0v) is 12.2. The van der Waals surface area contributed by atoms with Crippen LogP contribution < -0.4 is 10.6 Å². The van der Waals surface area contributed by atoms with E-state index < -0.39 is 0 Å². The Labute approximate surface area is 121 Å². The van der Waals surface area contributed by atoms with Gasteiger partial charge in [0.2, 0.25) is 0 Å². The van der Waals surface area contributed by atoms with Crippen LogP contribution in [0.4, 0.5) is 10.1 Å². The number of para-hydroxylation sites is 1. The minimum atomic E-state index is -0.0785. The Bertz CT molecular complexity index is 460. The van der Waals surface area contributed by atoms with Crippen molar-refractivity contribution in [2.24, 2.45) is 17.6 Å². The Morgan fingerprint density at radius 1 is 1.15 bits per heavy atom. The third-order valence-electron chi connectivity index (χ3n) is 5.09. The number of benzene rings is 1. The zero-order chi connectivity index (χ0) is 13.9. The minimum Gasteiger partial charge on any atom is -0.369 e. The lowest BCUT2D eigenvalue weighted by atomic mass is 9.75. The van der Waals surface area contributed by atoms with Crippen LogP contribution in [-0.2, 0) is 6.42 Å². The number of nitrogens with zero attached hydrogens (tertiary/aromatic N) is 1. The van der Waals surface area contributed by atoms with Gasteiger partial charge in [-0.2, -0.15) is 0 Å². The van der Waals surface area contributed by atoms with Crippen LogP contribution in [0.1, 0.15) is 37.7 Å². The molecule has 1 aromatic carbocycles. The third kappa shape index (κ3) is 2.69. The van der Waals surface area contributed by atoms with E-state index in [4.69, 9.17) is 5.73 Å². The van der Waals surface area contributed by atoms with Crippen molar-refractivity contribution in [2.45, 2.75) is 38.5 Å². The molecule has 2 aliphatic rings. The van der Waals surface area contributed by atoms with Crippen molar-refractivity contribution in [3.05, 3.63) is 29.6 Å². The maximum atomic E-state index is 14.3. The van der Waals surface area contributed by atoms with E-state index in [1.165, 1.54) is 32.1 Å². The molecule has 3 rings (SSSR count). The van der Waals surface area contributed by atoms with E-state index in [0.29, 0.717) is 6.54 Å². The van der Waals surface area contributed by atoms with Gasteiger partial charge >= 0.3 is 0 Å². The summed E-state index contributed by atoms with van der Waals surface area (Å²) < 4.78 is 14.3. The number of nitrogens with two attached hydrogens (primary N) is 1. The normalized spacial score (nSPS) is 26.4. The highest BCUT2D eigenvalue weighted by atomic mass is 19.1. The number of halogens is 1. The molecule has 20 heavy (non-hydrogen) atoms. The number of hydrogen-bond donors (Lipinski definition) is 1. The van der Waals surface area contributed by atoms with Crippen molar-refractivity contribution < 1.29 is 4.39 Å². The van der Waals surface area contributed by atoms with Gasteiger partial charge < -0.3 is 10.6 Å². The molecule has 3 heteroatoms. The molecule has 1 aromatic rings. The summed E-state index contributed by atoms with van der Waals surface area (Å²) in [7, 11) is 0. The minimum absolute atomic E-state index is 0.0785. The predicted molar refractivity (Wildman–Crippen MR) is 81.4 cm³/mol. The molecule has 0 amide bonds. The van der Waals surface area contributed by atoms with E-state index in [0.717, 1.165) is 42.6 Å². The maximum Gasteiger partial charge on any atom is 0.146 e. The van der Waals surface area contributed by atoms with E-state index in [2.05, 4.69) is 4.90 Å². The molecule has 2 atom stereocenters. The first-order valence-corrected chi connectivity index (χ1v) is 8.02. The largest absolute Gasteiger partial charge is 0.369 e. The Balaban J connectivity index is 1.82. The van der Waals surface area contributed by atoms with Gasteiger partial charge in [0.1, 0.15) is 5.82 Å². The smallest absolute Gasteiger partial charge is 0.146 e. The highest BCUT2D eigenvalue weighted by molar-refractivity contribution is 5.55. The lowest BCUT2D eigenvalue weighted by molar-refractivity contribution is 0.202. The highest BCUT2D eigenvalue weighted by Gasteiger charge is 2.32. The topological polar surface area (TPSA) is 29.3 Å². The molecule has 2 unspecified atom stereocenters. The molecule has 0 aromatic heterocycles. The van der Waals surface area contributed by atoms with Gasteiger partial charge in [-0.05, 0) is 49.3 Å². The Morgan fingerprint density at radius 3 is 2.75 bits per heavy atom. The van der Waals surface area contributed by atoms with Crippen LogP contribution >= 0.6 is 0 Å². The van der Waals surface area contributed by atoms with Crippen molar-refractivity contribution in [1.82, 2.24) is 0 Å². The summed E-state index contributed by atoms with van der Waals surface area (Å²) in [5, 5.41) is 0. The SMILES string of the molecule is NCCc1cccc(F)c1N1CCC2CCCCC2C1. The first-order chi connectivity index (χ1) is 9.79. The first-order valence-electron chi connectivity index (χ1n) is 8.02. The molecule has 2 N–H and O–H groups in total. The molecular weight excluding hydrogens is 251 g/mol. The second-order valence-corrected chi connectivity index (χ2v) is 6.33. The Morgan fingerprint density at radius 2 is 1.95 bits per heavy atom. The molecule has 0 bridgehead atoms. The molecule has 1 saturated carbocycles. The van der Waals surface area contributed by atoms with E-state index >= 15 is 0 Å². The number of piperidine rings is 1. The van der Waals surface area contributed by atoms with E-state index in [-0.39, 0.29) is 5.82 Å². The second-order valence-electron chi connectivity index (χ2n) is 6.33. The van der Waals surface area contributed by atoms with Crippen molar-refractivity contribution in [2.75, 3.05) is 24.5 Å². The van der Waals surface area contributed by atoms with Crippen LogP contribution in [0.25, 0.3) is 0 Å².